The molecule has 1 aromatic carbocycles. The van der Waals surface area contributed by atoms with Crippen LogP contribution >= 0.6 is 0 Å². The molecular formula is C17H31N3. The number of rotatable bonds is 8. The number of hydrogen-bond acceptors (Lipinski definition) is 3. The molecule has 0 saturated heterocycles. The summed E-state index contributed by atoms with van der Waals surface area (Å²) in [7, 11) is 6.45. The third-order valence-corrected chi connectivity index (χ3v) is 3.81. The van der Waals surface area contributed by atoms with E-state index in [4.69, 9.17) is 0 Å². The van der Waals surface area contributed by atoms with Crippen molar-refractivity contribution in [3.8, 4) is 0 Å². The first-order valence-electron chi connectivity index (χ1n) is 7.57. The molecule has 0 amide bonds. The summed E-state index contributed by atoms with van der Waals surface area (Å²) in [6.07, 6.45) is 0. The van der Waals surface area contributed by atoms with Gasteiger partial charge in [0.1, 0.15) is 0 Å². The van der Waals surface area contributed by atoms with Crippen LogP contribution in [0, 0.1) is 13.8 Å². The van der Waals surface area contributed by atoms with Gasteiger partial charge in [0.25, 0.3) is 0 Å². The zero-order valence-electron chi connectivity index (χ0n) is 14.0. The van der Waals surface area contributed by atoms with Gasteiger partial charge in [-0.15, -0.1) is 0 Å². The summed E-state index contributed by atoms with van der Waals surface area (Å²) in [5.41, 5.74) is 4.14. The van der Waals surface area contributed by atoms with Crippen LogP contribution in [0.1, 0.15) is 29.7 Å². The topological polar surface area (TPSA) is 18.5 Å². The Morgan fingerprint density at radius 1 is 1.05 bits per heavy atom. The average Bonchev–Trinajstić information content (AvgIpc) is 2.39. The van der Waals surface area contributed by atoms with Gasteiger partial charge in [0.05, 0.1) is 0 Å². The van der Waals surface area contributed by atoms with Gasteiger partial charge in [-0.2, -0.15) is 0 Å². The average molecular weight is 277 g/mol. The van der Waals surface area contributed by atoms with Crippen LogP contribution in [-0.2, 0) is 0 Å². The summed E-state index contributed by atoms with van der Waals surface area (Å²) >= 11 is 0. The van der Waals surface area contributed by atoms with Crippen molar-refractivity contribution in [3.63, 3.8) is 0 Å². The van der Waals surface area contributed by atoms with E-state index in [9.17, 15) is 0 Å². The molecular weight excluding hydrogens is 246 g/mol. The summed E-state index contributed by atoms with van der Waals surface area (Å²) in [6, 6.07) is 7.22. The first kappa shape index (κ1) is 17.2. The Bertz CT molecular complexity index is 401. The standard InChI is InChI=1S/C17H31N3/c1-7-18-17(13-20(6)11-10-19(4)5)16-9-8-14(2)15(3)12-16/h8-9,12,17-18H,7,10-11,13H2,1-6H3. The van der Waals surface area contributed by atoms with Crippen LogP contribution in [0.25, 0.3) is 0 Å². The van der Waals surface area contributed by atoms with E-state index in [1.54, 1.807) is 0 Å². The lowest BCUT2D eigenvalue weighted by molar-refractivity contribution is 0.257. The maximum absolute atomic E-state index is 3.61. The van der Waals surface area contributed by atoms with Crippen molar-refractivity contribution in [1.82, 2.24) is 15.1 Å². The van der Waals surface area contributed by atoms with Gasteiger partial charge in [0, 0.05) is 25.7 Å². The minimum atomic E-state index is 0.409. The predicted molar refractivity (Wildman–Crippen MR) is 88.4 cm³/mol. The van der Waals surface area contributed by atoms with E-state index < -0.39 is 0 Å². The van der Waals surface area contributed by atoms with Crippen molar-refractivity contribution in [2.24, 2.45) is 0 Å². The maximum atomic E-state index is 3.61. The summed E-state index contributed by atoms with van der Waals surface area (Å²) in [5, 5.41) is 3.61. The highest BCUT2D eigenvalue weighted by Crippen LogP contribution is 2.18. The van der Waals surface area contributed by atoms with E-state index in [-0.39, 0.29) is 0 Å². The van der Waals surface area contributed by atoms with E-state index in [1.165, 1.54) is 16.7 Å². The van der Waals surface area contributed by atoms with Gasteiger partial charge < -0.3 is 15.1 Å². The zero-order chi connectivity index (χ0) is 15.1. The first-order valence-corrected chi connectivity index (χ1v) is 7.57. The van der Waals surface area contributed by atoms with Gasteiger partial charge in [-0.25, -0.2) is 0 Å². The van der Waals surface area contributed by atoms with Gasteiger partial charge in [-0.05, 0) is 58.2 Å². The molecule has 1 N–H and O–H groups in total. The van der Waals surface area contributed by atoms with Crippen LogP contribution in [0.2, 0.25) is 0 Å². The monoisotopic (exact) mass is 277 g/mol. The Hall–Kier alpha value is -0.900. The molecule has 0 aliphatic heterocycles. The number of benzene rings is 1. The van der Waals surface area contributed by atoms with Gasteiger partial charge in [-0.1, -0.05) is 25.1 Å². The lowest BCUT2D eigenvalue weighted by atomic mass is 10.0. The molecule has 0 bridgehead atoms. The fourth-order valence-corrected chi connectivity index (χ4v) is 2.29. The number of nitrogens with one attached hydrogen (secondary N) is 1. The van der Waals surface area contributed by atoms with Crippen molar-refractivity contribution < 1.29 is 0 Å². The highest BCUT2D eigenvalue weighted by molar-refractivity contribution is 5.31. The molecule has 0 aliphatic rings. The van der Waals surface area contributed by atoms with Crippen LogP contribution < -0.4 is 5.32 Å². The summed E-state index contributed by atoms with van der Waals surface area (Å²) in [4.78, 5) is 4.64. The molecule has 0 spiro atoms. The van der Waals surface area contributed by atoms with Gasteiger partial charge in [0.2, 0.25) is 0 Å². The molecule has 0 aromatic heterocycles. The molecule has 3 heteroatoms. The Labute approximate surface area is 125 Å². The second kappa shape index (κ2) is 8.40. The summed E-state index contributed by atoms with van der Waals surface area (Å²) < 4.78 is 0. The van der Waals surface area contributed by atoms with Crippen molar-refractivity contribution in [3.05, 3.63) is 34.9 Å². The molecule has 1 aromatic rings. The Morgan fingerprint density at radius 3 is 2.30 bits per heavy atom. The molecule has 0 radical (unpaired) electrons. The van der Waals surface area contributed by atoms with Gasteiger partial charge in [-0.3, -0.25) is 0 Å². The first-order chi connectivity index (χ1) is 9.43. The van der Waals surface area contributed by atoms with Crippen LogP contribution in [0.4, 0.5) is 0 Å². The molecule has 3 nitrogen and oxygen atoms in total. The van der Waals surface area contributed by atoms with Crippen LogP contribution in [-0.4, -0.2) is 57.1 Å². The van der Waals surface area contributed by atoms with E-state index in [0.717, 1.165) is 26.2 Å². The van der Waals surface area contributed by atoms with Crippen molar-refractivity contribution >= 4 is 0 Å². The summed E-state index contributed by atoms with van der Waals surface area (Å²) in [6.45, 7) is 10.8. The molecule has 0 saturated carbocycles. The quantitative estimate of drug-likeness (QED) is 0.787. The van der Waals surface area contributed by atoms with E-state index in [0.29, 0.717) is 6.04 Å². The molecule has 114 valence electrons. The lowest BCUT2D eigenvalue weighted by Gasteiger charge is -2.26. The van der Waals surface area contributed by atoms with E-state index >= 15 is 0 Å². The van der Waals surface area contributed by atoms with Gasteiger partial charge >= 0.3 is 0 Å². The van der Waals surface area contributed by atoms with E-state index in [1.807, 2.05) is 0 Å². The van der Waals surface area contributed by atoms with Crippen molar-refractivity contribution in [2.45, 2.75) is 26.8 Å². The third kappa shape index (κ3) is 5.61. The summed E-state index contributed by atoms with van der Waals surface area (Å²) in [5.74, 6) is 0. The Morgan fingerprint density at radius 2 is 1.75 bits per heavy atom. The highest BCUT2D eigenvalue weighted by atomic mass is 15.2. The number of nitrogens with zero attached hydrogens (tertiary/aromatic N) is 2. The second-order valence-electron chi connectivity index (χ2n) is 6.02. The normalized spacial score (nSPS) is 13.2. The fourth-order valence-electron chi connectivity index (χ4n) is 2.29. The Kier molecular flexibility index (Phi) is 7.20. The maximum Gasteiger partial charge on any atom is 0.0449 e. The molecule has 1 rings (SSSR count). The molecule has 1 atom stereocenters. The zero-order valence-corrected chi connectivity index (χ0v) is 14.0. The second-order valence-corrected chi connectivity index (χ2v) is 6.02. The minimum Gasteiger partial charge on any atom is -0.309 e. The predicted octanol–water partition coefficient (Wildman–Crippen LogP) is 2.45. The number of aryl methyl sites for hydroxylation is 2. The van der Waals surface area contributed by atoms with Gasteiger partial charge in [0.15, 0.2) is 0 Å². The van der Waals surface area contributed by atoms with Crippen LogP contribution in [0.5, 0.6) is 0 Å². The Balaban J connectivity index is 2.70. The SMILES string of the molecule is CCNC(CN(C)CCN(C)C)c1ccc(C)c(C)c1. The van der Waals surface area contributed by atoms with Crippen LogP contribution in [0.3, 0.4) is 0 Å². The largest absolute Gasteiger partial charge is 0.309 e. The number of likely N-dealkylation sites (N-methyl/N-ethyl adjacent to an activating group) is 3. The third-order valence-electron chi connectivity index (χ3n) is 3.81. The van der Waals surface area contributed by atoms with Crippen LogP contribution in [0.15, 0.2) is 18.2 Å². The number of hydrogen-bond donors (Lipinski definition) is 1. The smallest absolute Gasteiger partial charge is 0.0449 e. The molecule has 0 aliphatic carbocycles. The lowest BCUT2D eigenvalue weighted by Crippen LogP contribution is -2.36. The molecule has 0 fully saturated rings. The van der Waals surface area contributed by atoms with E-state index in [2.05, 4.69) is 75.2 Å². The molecule has 20 heavy (non-hydrogen) atoms. The molecule has 1 unspecified atom stereocenters. The minimum absolute atomic E-state index is 0.409. The van der Waals surface area contributed by atoms with Crippen molar-refractivity contribution in [2.75, 3.05) is 47.3 Å². The molecule has 0 heterocycles. The highest BCUT2D eigenvalue weighted by Gasteiger charge is 2.13. The van der Waals surface area contributed by atoms with Crippen molar-refractivity contribution in [1.29, 1.82) is 0 Å². The fraction of sp³-hybridized carbons (Fsp3) is 0.647.